The molecule has 2 atom stereocenters. The van der Waals surface area contributed by atoms with Gasteiger partial charge in [-0.05, 0) is 38.0 Å². The van der Waals surface area contributed by atoms with Crippen molar-refractivity contribution in [3.8, 4) is 11.3 Å². The van der Waals surface area contributed by atoms with Crippen LogP contribution >= 0.6 is 0 Å². The monoisotopic (exact) mass is 477 g/mol. The fraction of sp³-hybridized carbons (Fsp3) is 0.370. The van der Waals surface area contributed by atoms with Crippen LogP contribution in [0.2, 0.25) is 0 Å². The first-order valence-corrected chi connectivity index (χ1v) is 11.6. The summed E-state index contributed by atoms with van der Waals surface area (Å²) in [4.78, 5) is 26.6. The molecule has 0 saturated carbocycles. The van der Waals surface area contributed by atoms with Crippen LogP contribution in [0.25, 0.3) is 11.3 Å². The molecule has 0 bridgehead atoms. The topological polar surface area (TPSA) is 105 Å². The lowest BCUT2D eigenvalue weighted by molar-refractivity contribution is -0.101. The number of benzene rings is 2. The smallest absolute Gasteiger partial charge is 0.411 e. The minimum absolute atomic E-state index is 0.211. The number of carbonyl (C=O) groups is 2. The predicted octanol–water partition coefficient (Wildman–Crippen LogP) is 4.82. The Kier molecular flexibility index (Phi) is 6.67. The van der Waals surface area contributed by atoms with Crippen molar-refractivity contribution in [2.75, 3.05) is 13.7 Å². The van der Waals surface area contributed by atoms with Crippen LogP contribution < -0.4 is 0 Å². The van der Waals surface area contributed by atoms with E-state index in [0.717, 1.165) is 16.7 Å². The van der Waals surface area contributed by atoms with Gasteiger partial charge in [-0.3, -0.25) is 5.10 Å². The number of esters is 1. The second-order valence-electron chi connectivity index (χ2n) is 9.62. The van der Waals surface area contributed by atoms with Crippen LogP contribution in [-0.2, 0) is 15.1 Å². The van der Waals surface area contributed by atoms with E-state index in [9.17, 15) is 14.7 Å². The van der Waals surface area contributed by atoms with E-state index in [2.05, 4.69) is 10.2 Å². The third-order valence-electron chi connectivity index (χ3n) is 6.43. The Balaban J connectivity index is 1.51. The first-order valence-electron chi connectivity index (χ1n) is 11.6. The minimum Gasteiger partial charge on any atom is -0.464 e. The third-order valence-corrected chi connectivity index (χ3v) is 6.43. The van der Waals surface area contributed by atoms with E-state index < -0.39 is 23.3 Å². The number of aromatic nitrogens is 2. The lowest BCUT2D eigenvalue weighted by Gasteiger charge is -2.45. The summed E-state index contributed by atoms with van der Waals surface area (Å²) in [5, 5.41) is 17.4. The lowest BCUT2D eigenvalue weighted by Crippen LogP contribution is -2.51. The summed E-state index contributed by atoms with van der Waals surface area (Å²) in [6.45, 7) is 5.92. The van der Waals surface area contributed by atoms with Crippen molar-refractivity contribution in [1.82, 2.24) is 15.1 Å². The summed E-state index contributed by atoms with van der Waals surface area (Å²) >= 11 is 0. The van der Waals surface area contributed by atoms with Gasteiger partial charge in [-0.1, -0.05) is 54.6 Å². The normalized spacial score (nSPS) is 19.2. The second-order valence-corrected chi connectivity index (χ2v) is 9.62. The molecule has 2 N–H and O–H groups in total. The zero-order chi connectivity index (χ0) is 25.2. The highest BCUT2D eigenvalue weighted by Crippen LogP contribution is 2.42. The number of cyclic esters (lactones) is 1. The highest BCUT2D eigenvalue weighted by molar-refractivity contribution is 5.88. The Morgan fingerprint density at radius 3 is 2.51 bits per heavy atom. The fourth-order valence-corrected chi connectivity index (χ4v) is 4.69. The number of carbonyl (C=O) groups excluding carboxylic acids is 2. The molecular weight excluding hydrogens is 446 g/mol. The van der Waals surface area contributed by atoms with Crippen molar-refractivity contribution in [3.63, 3.8) is 0 Å². The zero-order valence-corrected chi connectivity index (χ0v) is 20.4. The van der Waals surface area contributed by atoms with Gasteiger partial charge >= 0.3 is 12.1 Å². The standard InChI is InChI=1S/C27H31N3O5/c1-18(19-10-12-20(13-11-19)22-16-23(29-28-22)24(31)34-4)30-15-14-27(35-25(30)32,17-26(2,3)33)21-8-6-5-7-9-21/h5-13,16,18,33H,14-15,17H2,1-4H3,(H,28,29)/t18-,27-/m0/s1. The Morgan fingerprint density at radius 2 is 1.91 bits per heavy atom. The molecule has 0 radical (unpaired) electrons. The number of methoxy groups -OCH3 is 1. The molecule has 2 heterocycles. The van der Waals surface area contributed by atoms with Gasteiger partial charge in [0, 0.05) is 24.9 Å². The molecule has 8 heteroatoms. The Labute approximate surface area is 204 Å². The molecule has 3 aromatic rings. The van der Waals surface area contributed by atoms with E-state index in [-0.39, 0.29) is 11.7 Å². The van der Waals surface area contributed by atoms with Crippen molar-refractivity contribution < 1.29 is 24.2 Å². The summed E-state index contributed by atoms with van der Waals surface area (Å²) in [6, 6.07) is 18.7. The molecule has 2 aromatic carbocycles. The van der Waals surface area contributed by atoms with Crippen LogP contribution in [-0.4, -0.2) is 51.5 Å². The summed E-state index contributed by atoms with van der Waals surface area (Å²) < 4.78 is 10.8. The molecule has 35 heavy (non-hydrogen) atoms. The van der Waals surface area contributed by atoms with E-state index in [4.69, 9.17) is 9.47 Å². The average Bonchev–Trinajstić information content (AvgIpc) is 3.33. The van der Waals surface area contributed by atoms with Crippen LogP contribution in [0.5, 0.6) is 0 Å². The van der Waals surface area contributed by atoms with Gasteiger partial charge in [-0.25, -0.2) is 9.59 Å². The third kappa shape index (κ3) is 5.22. The first-order chi connectivity index (χ1) is 16.6. The quantitative estimate of drug-likeness (QED) is 0.473. The zero-order valence-electron chi connectivity index (χ0n) is 20.4. The van der Waals surface area contributed by atoms with E-state index in [1.165, 1.54) is 7.11 Å². The van der Waals surface area contributed by atoms with Gasteiger partial charge in [-0.15, -0.1) is 0 Å². The molecule has 184 valence electrons. The molecule has 8 nitrogen and oxygen atoms in total. The van der Waals surface area contributed by atoms with Gasteiger partial charge in [-0.2, -0.15) is 5.10 Å². The molecule has 1 aliphatic heterocycles. The maximum absolute atomic E-state index is 13.2. The second kappa shape index (κ2) is 9.54. The molecular formula is C27H31N3O5. The number of aliphatic hydroxyl groups is 1. The van der Waals surface area contributed by atoms with Crippen LogP contribution in [0.15, 0.2) is 60.7 Å². The molecule has 0 unspecified atom stereocenters. The molecule has 1 aromatic heterocycles. The number of ether oxygens (including phenoxy) is 2. The highest BCUT2D eigenvalue weighted by atomic mass is 16.6. The van der Waals surface area contributed by atoms with E-state index in [1.807, 2.05) is 61.5 Å². The number of hydrogen-bond donors (Lipinski definition) is 2. The molecule has 1 saturated heterocycles. The number of nitrogens with one attached hydrogen (secondary N) is 1. The van der Waals surface area contributed by atoms with Gasteiger partial charge in [0.1, 0.15) is 11.3 Å². The first kappa shape index (κ1) is 24.5. The van der Waals surface area contributed by atoms with Crippen LogP contribution in [0.4, 0.5) is 4.79 Å². The molecule has 4 rings (SSSR count). The Morgan fingerprint density at radius 1 is 1.23 bits per heavy atom. The number of nitrogens with zero attached hydrogens (tertiary/aromatic N) is 2. The fourth-order valence-electron chi connectivity index (χ4n) is 4.69. The maximum atomic E-state index is 13.2. The molecule has 1 fully saturated rings. The number of H-pyrrole nitrogens is 1. The van der Waals surface area contributed by atoms with Gasteiger partial charge in [0.25, 0.3) is 0 Å². The Bertz CT molecular complexity index is 1180. The maximum Gasteiger partial charge on any atom is 0.411 e. The lowest BCUT2D eigenvalue weighted by atomic mass is 9.80. The van der Waals surface area contributed by atoms with Gasteiger partial charge in [0.05, 0.1) is 24.4 Å². The van der Waals surface area contributed by atoms with Crippen LogP contribution in [0, 0.1) is 0 Å². The summed E-state index contributed by atoms with van der Waals surface area (Å²) in [5.74, 6) is -0.478. The highest BCUT2D eigenvalue weighted by Gasteiger charge is 2.46. The number of amides is 1. The van der Waals surface area contributed by atoms with Gasteiger partial charge in [0.2, 0.25) is 0 Å². The van der Waals surface area contributed by atoms with Crippen molar-refractivity contribution in [1.29, 1.82) is 0 Å². The molecule has 0 spiro atoms. The predicted molar refractivity (Wildman–Crippen MR) is 131 cm³/mol. The van der Waals surface area contributed by atoms with Gasteiger partial charge in [0.15, 0.2) is 0 Å². The van der Waals surface area contributed by atoms with Crippen molar-refractivity contribution in [2.45, 2.75) is 50.9 Å². The van der Waals surface area contributed by atoms with Crippen molar-refractivity contribution in [3.05, 3.63) is 77.5 Å². The summed E-state index contributed by atoms with van der Waals surface area (Å²) in [6.07, 6.45) is 0.471. The number of aromatic amines is 1. The Hall–Kier alpha value is -3.65. The van der Waals surface area contributed by atoms with Crippen molar-refractivity contribution in [2.24, 2.45) is 0 Å². The van der Waals surface area contributed by atoms with Crippen LogP contribution in [0.1, 0.15) is 61.3 Å². The summed E-state index contributed by atoms with van der Waals surface area (Å²) in [7, 11) is 1.32. The van der Waals surface area contributed by atoms with Crippen molar-refractivity contribution >= 4 is 12.1 Å². The number of hydrogen-bond acceptors (Lipinski definition) is 6. The van der Waals surface area contributed by atoms with Crippen LogP contribution in [0.3, 0.4) is 0 Å². The minimum atomic E-state index is -1.00. The van der Waals surface area contributed by atoms with E-state index in [0.29, 0.717) is 25.1 Å². The summed E-state index contributed by atoms with van der Waals surface area (Å²) in [5.41, 5.74) is 1.70. The molecule has 1 amide bonds. The van der Waals surface area contributed by atoms with Gasteiger partial charge < -0.3 is 19.5 Å². The number of rotatable bonds is 7. The van der Waals surface area contributed by atoms with E-state index >= 15 is 0 Å². The largest absolute Gasteiger partial charge is 0.464 e. The molecule has 1 aliphatic rings. The molecule has 0 aliphatic carbocycles. The average molecular weight is 478 g/mol. The SMILES string of the molecule is COC(=O)c1cc(-c2ccc([C@H](C)N3CC[C@](CC(C)(C)O)(c4ccccc4)OC3=O)cc2)n[nH]1. The van der Waals surface area contributed by atoms with E-state index in [1.54, 1.807) is 24.8 Å².